The van der Waals surface area contributed by atoms with E-state index in [4.69, 9.17) is 9.47 Å². The van der Waals surface area contributed by atoms with Gasteiger partial charge in [-0.3, -0.25) is 9.89 Å². The fourth-order valence-corrected chi connectivity index (χ4v) is 3.87. The summed E-state index contributed by atoms with van der Waals surface area (Å²) in [6.45, 7) is 1.47. The van der Waals surface area contributed by atoms with Crippen LogP contribution < -0.4 is 9.47 Å². The molecule has 1 aliphatic heterocycles. The fraction of sp³-hybridized carbons (Fsp3) is 0.348. The summed E-state index contributed by atoms with van der Waals surface area (Å²) in [5.41, 5.74) is 1.63. The summed E-state index contributed by atoms with van der Waals surface area (Å²) < 4.78 is 10.6. The van der Waals surface area contributed by atoms with E-state index in [0.717, 1.165) is 49.6 Å². The highest BCUT2D eigenvalue weighted by atomic mass is 16.5. The Kier molecular flexibility index (Phi) is 5.97. The van der Waals surface area contributed by atoms with Crippen LogP contribution in [0.5, 0.6) is 11.5 Å². The van der Waals surface area contributed by atoms with Crippen LogP contribution in [0.1, 0.15) is 29.0 Å². The van der Waals surface area contributed by atoms with E-state index in [1.165, 1.54) is 0 Å². The lowest BCUT2D eigenvalue weighted by Gasteiger charge is -2.31. The van der Waals surface area contributed by atoms with Crippen LogP contribution in [0.15, 0.2) is 48.5 Å². The Labute approximate surface area is 176 Å². The van der Waals surface area contributed by atoms with Gasteiger partial charge in [0.25, 0.3) is 5.91 Å². The summed E-state index contributed by atoms with van der Waals surface area (Å²) in [7, 11) is 3.16. The molecule has 2 aromatic carbocycles. The number of benzene rings is 2. The Morgan fingerprint density at radius 3 is 2.50 bits per heavy atom. The molecule has 7 nitrogen and oxygen atoms in total. The van der Waals surface area contributed by atoms with Gasteiger partial charge in [0, 0.05) is 30.6 Å². The number of carbonyl (C=O) groups is 1. The summed E-state index contributed by atoms with van der Waals surface area (Å²) >= 11 is 0. The number of rotatable bonds is 6. The predicted octanol–water partition coefficient (Wildman–Crippen LogP) is 3.58. The lowest BCUT2D eigenvalue weighted by Crippen LogP contribution is -2.39. The number of piperidine rings is 1. The molecule has 0 atom stereocenters. The van der Waals surface area contributed by atoms with E-state index < -0.39 is 0 Å². The molecule has 0 saturated carbocycles. The van der Waals surface area contributed by atoms with Gasteiger partial charge in [0.05, 0.1) is 14.2 Å². The molecule has 3 aromatic rings. The van der Waals surface area contributed by atoms with Crippen molar-refractivity contribution < 1.29 is 14.3 Å². The average molecular weight is 406 g/mol. The molecule has 156 valence electrons. The molecule has 4 rings (SSSR count). The lowest BCUT2D eigenvalue weighted by molar-refractivity contribution is 0.0689. The van der Waals surface area contributed by atoms with Crippen LogP contribution in [0.3, 0.4) is 0 Å². The monoisotopic (exact) mass is 406 g/mol. The van der Waals surface area contributed by atoms with E-state index >= 15 is 0 Å². The number of H-pyrrole nitrogens is 1. The number of amides is 1. The summed E-state index contributed by atoms with van der Waals surface area (Å²) in [5.74, 6) is 3.33. The number of carbonyl (C=O) groups excluding carboxylic acids is 1. The number of likely N-dealkylation sites (tertiary alicyclic amines) is 1. The minimum absolute atomic E-state index is 0.0282. The molecule has 0 radical (unpaired) electrons. The van der Waals surface area contributed by atoms with Crippen LogP contribution in [0.25, 0.3) is 11.4 Å². The summed E-state index contributed by atoms with van der Waals surface area (Å²) in [6, 6.07) is 15.3. The minimum Gasteiger partial charge on any atom is -0.493 e. The van der Waals surface area contributed by atoms with Gasteiger partial charge in [0.1, 0.15) is 5.82 Å². The Morgan fingerprint density at radius 2 is 1.80 bits per heavy atom. The SMILES string of the molecule is COc1ccc(C(=O)N2CCC(Cc3nc(-c4ccccc4)n[nH]3)CC2)cc1OC. The first kappa shape index (κ1) is 19.9. The number of aromatic nitrogens is 3. The van der Waals surface area contributed by atoms with Crippen molar-refractivity contribution in [3.63, 3.8) is 0 Å². The number of hydrogen-bond donors (Lipinski definition) is 1. The molecule has 1 saturated heterocycles. The van der Waals surface area contributed by atoms with Gasteiger partial charge in [-0.05, 0) is 37.0 Å². The van der Waals surface area contributed by atoms with Crippen LogP contribution in [0.2, 0.25) is 0 Å². The summed E-state index contributed by atoms with van der Waals surface area (Å²) in [6.07, 6.45) is 2.74. The van der Waals surface area contributed by atoms with Crippen molar-refractivity contribution in [2.24, 2.45) is 5.92 Å². The first-order valence-electron chi connectivity index (χ1n) is 10.2. The quantitative estimate of drug-likeness (QED) is 0.677. The van der Waals surface area contributed by atoms with Crippen LogP contribution in [-0.2, 0) is 6.42 Å². The normalized spacial score (nSPS) is 14.5. The minimum atomic E-state index is 0.0282. The molecular weight excluding hydrogens is 380 g/mol. The molecule has 2 heterocycles. The molecule has 0 bridgehead atoms. The summed E-state index contributed by atoms with van der Waals surface area (Å²) in [5, 5.41) is 7.41. The fourth-order valence-electron chi connectivity index (χ4n) is 3.87. The number of ether oxygens (including phenoxy) is 2. The molecule has 0 spiro atoms. The van der Waals surface area contributed by atoms with E-state index in [2.05, 4.69) is 15.2 Å². The maximum atomic E-state index is 12.9. The second-order valence-electron chi connectivity index (χ2n) is 7.48. The highest BCUT2D eigenvalue weighted by Crippen LogP contribution is 2.29. The number of nitrogens with zero attached hydrogens (tertiary/aromatic N) is 3. The van der Waals surface area contributed by atoms with Crippen molar-refractivity contribution in [2.75, 3.05) is 27.3 Å². The van der Waals surface area contributed by atoms with Crippen LogP contribution in [0, 0.1) is 5.92 Å². The van der Waals surface area contributed by atoms with Crippen molar-refractivity contribution >= 4 is 5.91 Å². The first-order chi connectivity index (χ1) is 14.7. The van der Waals surface area contributed by atoms with Crippen molar-refractivity contribution in [1.82, 2.24) is 20.1 Å². The number of aromatic amines is 1. The highest BCUT2D eigenvalue weighted by molar-refractivity contribution is 5.95. The molecule has 1 N–H and O–H groups in total. The van der Waals surface area contributed by atoms with Crippen molar-refractivity contribution in [3.8, 4) is 22.9 Å². The topological polar surface area (TPSA) is 80.3 Å². The van der Waals surface area contributed by atoms with Gasteiger partial charge in [-0.2, -0.15) is 5.10 Å². The molecule has 1 amide bonds. The zero-order chi connectivity index (χ0) is 20.9. The maximum absolute atomic E-state index is 12.9. The second kappa shape index (κ2) is 8.98. The van der Waals surface area contributed by atoms with Gasteiger partial charge < -0.3 is 14.4 Å². The number of nitrogens with one attached hydrogen (secondary N) is 1. The molecule has 30 heavy (non-hydrogen) atoms. The lowest BCUT2D eigenvalue weighted by atomic mass is 9.93. The van der Waals surface area contributed by atoms with Crippen molar-refractivity contribution in [1.29, 1.82) is 0 Å². The van der Waals surface area contributed by atoms with Gasteiger partial charge in [-0.25, -0.2) is 4.98 Å². The van der Waals surface area contributed by atoms with Crippen molar-refractivity contribution in [3.05, 3.63) is 59.9 Å². The van der Waals surface area contributed by atoms with Gasteiger partial charge in [-0.15, -0.1) is 0 Å². The van der Waals surface area contributed by atoms with Crippen LogP contribution in [0.4, 0.5) is 0 Å². The predicted molar refractivity (Wildman–Crippen MR) is 114 cm³/mol. The van der Waals surface area contributed by atoms with Crippen LogP contribution in [-0.4, -0.2) is 53.3 Å². The Hall–Kier alpha value is -3.35. The third-order valence-electron chi connectivity index (χ3n) is 5.58. The summed E-state index contributed by atoms with van der Waals surface area (Å²) in [4.78, 5) is 19.4. The molecule has 1 aromatic heterocycles. The molecule has 0 aliphatic carbocycles. The maximum Gasteiger partial charge on any atom is 0.253 e. The van der Waals surface area contributed by atoms with E-state index in [0.29, 0.717) is 23.0 Å². The van der Waals surface area contributed by atoms with E-state index in [-0.39, 0.29) is 5.91 Å². The average Bonchev–Trinajstić information content (AvgIpc) is 3.27. The van der Waals surface area contributed by atoms with Gasteiger partial charge in [0.15, 0.2) is 17.3 Å². The zero-order valence-corrected chi connectivity index (χ0v) is 17.3. The Morgan fingerprint density at radius 1 is 1.07 bits per heavy atom. The third kappa shape index (κ3) is 4.30. The zero-order valence-electron chi connectivity index (χ0n) is 17.3. The highest BCUT2D eigenvalue weighted by Gasteiger charge is 2.25. The first-order valence-corrected chi connectivity index (χ1v) is 10.2. The largest absolute Gasteiger partial charge is 0.493 e. The molecule has 1 aliphatic rings. The second-order valence-corrected chi connectivity index (χ2v) is 7.48. The van der Waals surface area contributed by atoms with Crippen LogP contribution >= 0.6 is 0 Å². The van der Waals surface area contributed by atoms with Gasteiger partial charge in [-0.1, -0.05) is 30.3 Å². The number of hydrogen-bond acceptors (Lipinski definition) is 5. The standard InChI is InChI=1S/C23H26N4O3/c1-29-19-9-8-18(15-20(19)30-2)23(28)27-12-10-16(11-13-27)14-21-24-22(26-25-21)17-6-4-3-5-7-17/h3-9,15-16H,10-14H2,1-2H3,(H,24,25,26). The van der Waals surface area contributed by atoms with E-state index in [1.807, 2.05) is 35.2 Å². The van der Waals surface area contributed by atoms with Crippen molar-refractivity contribution in [2.45, 2.75) is 19.3 Å². The Bertz CT molecular complexity index is 995. The van der Waals surface area contributed by atoms with E-state index in [9.17, 15) is 4.79 Å². The van der Waals surface area contributed by atoms with Gasteiger partial charge >= 0.3 is 0 Å². The molecule has 0 unspecified atom stereocenters. The molecule has 1 fully saturated rings. The smallest absolute Gasteiger partial charge is 0.253 e. The van der Waals surface area contributed by atoms with Gasteiger partial charge in [0.2, 0.25) is 0 Å². The third-order valence-corrected chi connectivity index (χ3v) is 5.58. The molecular formula is C23H26N4O3. The Balaban J connectivity index is 1.34. The van der Waals surface area contributed by atoms with E-state index in [1.54, 1.807) is 32.4 Å². The number of methoxy groups -OCH3 is 2. The molecule has 7 heteroatoms.